The summed E-state index contributed by atoms with van der Waals surface area (Å²) in [6, 6.07) is 0. The number of likely N-dealkylation sites (tertiary alicyclic amines) is 1. The van der Waals surface area contributed by atoms with Gasteiger partial charge in [-0.25, -0.2) is 0 Å². The number of ether oxygens (including phenoxy) is 2. The van der Waals surface area contributed by atoms with Crippen molar-refractivity contribution >= 4 is 11.8 Å². The van der Waals surface area contributed by atoms with E-state index in [4.69, 9.17) is 9.47 Å². The summed E-state index contributed by atoms with van der Waals surface area (Å²) >= 11 is 0. The standard InChI is InChI=1S/C19H29N3O4/c1-3-20-7-9-21(10-8-20)17(23)15-14-5-6-19(26-14)13-22(11-12-25-4-2)18(24)16(15)19/h5-6,14-16H,3-4,7-13H2,1-2H3/t14-,15?,16?,19-/m1/s1. The summed E-state index contributed by atoms with van der Waals surface area (Å²) in [6.07, 6.45) is 3.75. The third-order valence-electron chi connectivity index (χ3n) is 6.30. The zero-order chi connectivity index (χ0) is 18.3. The van der Waals surface area contributed by atoms with Crippen molar-refractivity contribution in [3.8, 4) is 0 Å². The number of piperazine rings is 1. The number of amides is 2. The van der Waals surface area contributed by atoms with Crippen LogP contribution in [0.2, 0.25) is 0 Å². The van der Waals surface area contributed by atoms with Gasteiger partial charge in [-0.3, -0.25) is 9.59 Å². The van der Waals surface area contributed by atoms with Crippen LogP contribution in [-0.2, 0) is 19.1 Å². The van der Waals surface area contributed by atoms with Gasteiger partial charge in [0.1, 0.15) is 5.60 Å². The van der Waals surface area contributed by atoms with Crippen molar-refractivity contribution in [3.63, 3.8) is 0 Å². The summed E-state index contributed by atoms with van der Waals surface area (Å²) in [4.78, 5) is 32.4. The van der Waals surface area contributed by atoms with Gasteiger partial charge in [0.05, 0.1) is 31.1 Å². The maximum absolute atomic E-state index is 13.2. The molecular weight excluding hydrogens is 334 g/mol. The molecule has 4 atom stereocenters. The molecule has 4 aliphatic rings. The summed E-state index contributed by atoms with van der Waals surface area (Å²) < 4.78 is 11.6. The molecule has 0 N–H and O–H groups in total. The Morgan fingerprint density at radius 1 is 1.31 bits per heavy atom. The first-order chi connectivity index (χ1) is 12.6. The number of nitrogens with zero attached hydrogens (tertiary/aromatic N) is 3. The smallest absolute Gasteiger partial charge is 0.230 e. The molecule has 144 valence electrons. The van der Waals surface area contributed by atoms with E-state index in [1.165, 1.54) is 0 Å². The first-order valence-corrected chi connectivity index (χ1v) is 9.84. The minimum atomic E-state index is -0.612. The van der Waals surface area contributed by atoms with Crippen LogP contribution < -0.4 is 0 Å². The first kappa shape index (κ1) is 17.9. The van der Waals surface area contributed by atoms with Gasteiger partial charge in [0, 0.05) is 39.3 Å². The molecule has 3 saturated heterocycles. The number of rotatable bonds is 6. The van der Waals surface area contributed by atoms with Crippen LogP contribution in [0.3, 0.4) is 0 Å². The van der Waals surface area contributed by atoms with E-state index in [0.29, 0.717) is 26.3 Å². The molecule has 2 amide bonds. The van der Waals surface area contributed by atoms with E-state index >= 15 is 0 Å². The van der Waals surface area contributed by atoms with Crippen molar-refractivity contribution < 1.29 is 19.1 Å². The molecule has 2 bridgehead atoms. The van der Waals surface area contributed by atoms with Crippen LogP contribution in [0, 0.1) is 11.8 Å². The number of hydrogen-bond donors (Lipinski definition) is 0. The van der Waals surface area contributed by atoms with Crippen molar-refractivity contribution in [2.75, 3.05) is 59.0 Å². The van der Waals surface area contributed by atoms with E-state index in [2.05, 4.69) is 11.8 Å². The number of likely N-dealkylation sites (N-methyl/N-ethyl adjacent to an activating group) is 1. The molecule has 4 heterocycles. The highest BCUT2D eigenvalue weighted by Gasteiger charge is 2.67. The molecule has 4 aliphatic heterocycles. The van der Waals surface area contributed by atoms with Gasteiger partial charge < -0.3 is 24.2 Å². The lowest BCUT2D eigenvalue weighted by atomic mass is 9.76. The lowest BCUT2D eigenvalue weighted by molar-refractivity contribution is -0.144. The highest BCUT2D eigenvalue weighted by Crippen LogP contribution is 2.52. The Morgan fingerprint density at radius 2 is 2.08 bits per heavy atom. The van der Waals surface area contributed by atoms with Gasteiger partial charge in [0.15, 0.2) is 0 Å². The molecule has 0 aliphatic carbocycles. The zero-order valence-electron chi connectivity index (χ0n) is 15.7. The van der Waals surface area contributed by atoms with Crippen molar-refractivity contribution in [3.05, 3.63) is 12.2 Å². The molecule has 7 heteroatoms. The molecule has 0 aromatic heterocycles. The third-order valence-corrected chi connectivity index (χ3v) is 6.30. The van der Waals surface area contributed by atoms with Crippen LogP contribution in [0.4, 0.5) is 0 Å². The lowest BCUT2D eigenvalue weighted by Crippen LogP contribution is -2.53. The van der Waals surface area contributed by atoms with Crippen LogP contribution in [-0.4, -0.2) is 97.2 Å². The second-order valence-corrected chi connectivity index (χ2v) is 7.62. The second-order valence-electron chi connectivity index (χ2n) is 7.62. The van der Waals surface area contributed by atoms with Gasteiger partial charge in [-0.1, -0.05) is 19.1 Å². The number of carbonyl (C=O) groups is 2. The van der Waals surface area contributed by atoms with E-state index in [9.17, 15) is 9.59 Å². The fraction of sp³-hybridized carbons (Fsp3) is 0.789. The van der Waals surface area contributed by atoms with Crippen LogP contribution in [0.25, 0.3) is 0 Å². The molecule has 0 aromatic rings. The minimum Gasteiger partial charge on any atom is -0.380 e. The van der Waals surface area contributed by atoms with Gasteiger partial charge in [-0.05, 0) is 13.5 Å². The molecule has 0 radical (unpaired) electrons. The van der Waals surface area contributed by atoms with Gasteiger partial charge in [-0.15, -0.1) is 0 Å². The third kappa shape index (κ3) is 2.77. The summed E-state index contributed by atoms with van der Waals surface area (Å²) in [5, 5.41) is 0. The Labute approximate surface area is 154 Å². The summed E-state index contributed by atoms with van der Waals surface area (Å²) in [5.41, 5.74) is -0.612. The molecular formula is C19H29N3O4. The molecule has 0 aromatic carbocycles. The number of fused-ring (bicyclic) bond motifs is 1. The van der Waals surface area contributed by atoms with E-state index < -0.39 is 5.60 Å². The van der Waals surface area contributed by atoms with Crippen LogP contribution in [0.1, 0.15) is 13.8 Å². The Balaban J connectivity index is 1.47. The number of hydrogen-bond acceptors (Lipinski definition) is 5. The van der Waals surface area contributed by atoms with Gasteiger partial charge in [0.2, 0.25) is 11.8 Å². The second kappa shape index (κ2) is 6.94. The molecule has 0 saturated carbocycles. The molecule has 26 heavy (non-hydrogen) atoms. The average molecular weight is 363 g/mol. The summed E-state index contributed by atoms with van der Waals surface area (Å²) in [7, 11) is 0. The maximum Gasteiger partial charge on any atom is 0.230 e. The molecule has 4 rings (SSSR count). The predicted molar refractivity (Wildman–Crippen MR) is 95.5 cm³/mol. The highest BCUT2D eigenvalue weighted by molar-refractivity contribution is 5.93. The quantitative estimate of drug-likeness (QED) is 0.490. The Bertz CT molecular complexity index is 602. The summed E-state index contributed by atoms with van der Waals surface area (Å²) in [6.45, 7) is 10.6. The van der Waals surface area contributed by atoms with Crippen molar-refractivity contribution in [2.24, 2.45) is 11.8 Å². The average Bonchev–Trinajstić information content (AvgIpc) is 3.30. The van der Waals surface area contributed by atoms with Gasteiger partial charge in [-0.2, -0.15) is 0 Å². The van der Waals surface area contributed by atoms with Gasteiger partial charge >= 0.3 is 0 Å². The van der Waals surface area contributed by atoms with E-state index in [1.807, 2.05) is 28.9 Å². The fourth-order valence-corrected chi connectivity index (χ4v) is 4.86. The minimum absolute atomic E-state index is 0.0436. The van der Waals surface area contributed by atoms with Crippen molar-refractivity contribution in [1.82, 2.24) is 14.7 Å². The largest absolute Gasteiger partial charge is 0.380 e. The van der Waals surface area contributed by atoms with E-state index in [1.54, 1.807) is 0 Å². The predicted octanol–water partition coefficient (Wildman–Crippen LogP) is -0.0310. The lowest BCUT2D eigenvalue weighted by Gasteiger charge is -2.37. The van der Waals surface area contributed by atoms with Gasteiger partial charge in [0.25, 0.3) is 0 Å². The Morgan fingerprint density at radius 3 is 2.77 bits per heavy atom. The first-order valence-electron chi connectivity index (χ1n) is 9.84. The van der Waals surface area contributed by atoms with Crippen LogP contribution in [0.5, 0.6) is 0 Å². The van der Waals surface area contributed by atoms with Crippen molar-refractivity contribution in [1.29, 1.82) is 0 Å². The topological polar surface area (TPSA) is 62.3 Å². The highest BCUT2D eigenvalue weighted by atomic mass is 16.5. The van der Waals surface area contributed by atoms with E-state index in [-0.39, 0.29) is 29.8 Å². The molecule has 3 fully saturated rings. The molecule has 2 unspecified atom stereocenters. The molecule has 7 nitrogen and oxygen atoms in total. The summed E-state index contributed by atoms with van der Waals surface area (Å²) in [5.74, 6) is -0.627. The monoisotopic (exact) mass is 363 g/mol. The van der Waals surface area contributed by atoms with Crippen molar-refractivity contribution in [2.45, 2.75) is 25.6 Å². The Hall–Kier alpha value is -1.44. The SMILES string of the molecule is CCOCCN1C[C@@]23C=C[C@@H](O2)C(C(=O)N2CCN(CC)CC2)C3C1=O. The normalized spacial score (nSPS) is 36.2. The van der Waals surface area contributed by atoms with Crippen LogP contribution >= 0.6 is 0 Å². The number of carbonyl (C=O) groups excluding carboxylic acids is 2. The Kier molecular flexibility index (Phi) is 4.79. The van der Waals surface area contributed by atoms with Crippen LogP contribution in [0.15, 0.2) is 12.2 Å². The molecule has 1 spiro atoms. The maximum atomic E-state index is 13.2. The zero-order valence-corrected chi connectivity index (χ0v) is 15.7. The van der Waals surface area contributed by atoms with E-state index in [0.717, 1.165) is 32.7 Å². The fourth-order valence-electron chi connectivity index (χ4n) is 4.86.